The zero-order valence-corrected chi connectivity index (χ0v) is 12.5. The topological polar surface area (TPSA) is 46.2 Å². The number of fused-ring (bicyclic) bond motifs is 1. The maximum atomic E-state index is 13.5. The van der Waals surface area contributed by atoms with Crippen LogP contribution in [-0.4, -0.2) is 11.7 Å². The van der Waals surface area contributed by atoms with E-state index >= 15 is 0 Å². The molecule has 5 heteroatoms. The highest BCUT2D eigenvalue weighted by molar-refractivity contribution is 9.10. The summed E-state index contributed by atoms with van der Waals surface area (Å²) in [5, 5.41) is 2.77. The third-order valence-corrected chi connectivity index (χ3v) is 4.27. The van der Waals surface area contributed by atoms with Gasteiger partial charge in [-0.15, -0.1) is 0 Å². The molecule has 2 aromatic carbocycles. The van der Waals surface area contributed by atoms with Crippen LogP contribution in [0.4, 0.5) is 10.1 Å². The Labute approximate surface area is 129 Å². The second-order valence-electron chi connectivity index (χ2n) is 4.85. The Hall–Kier alpha value is -2.01. The molecule has 0 saturated carbocycles. The standard InChI is InChI=1S/C16H11BrFNO2/c17-15-11(2-1-3-12(15)18)16(21)10-4-6-13-9(8-10)5-7-14(20)19-13/h1-4,6,8H,5,7H2,(H,19,20). The molecule has 106 valence electrons. The highest BCUT2D eigenvalue weighted by Crippen LogP contribution is 2.27. The Bertz CT molecular complexity index is 758. The number of rotatable bonds is 2. The number of hydrogen-bond donors (Lipinski definition) is 1. The van der Waals surface area contributed by atoms with Crippen molar-refractivity contribution in [2.45, 2.75) is 12.8 Å². The van der Waals surface area contributed by atoms with Gasteiger partial charge in [-0.25, -0.2) is 4.39 Å². The minimum Gasteiger partial charge on any atom is -0.326 e. The Balaban J connectivity index is 1.99. The van der Waals surface area contributed by atoms with Gasteiger partial charge in [-0.05, 0) is 58.2 Å². The van der Waals surface area contributed by atoms with Gasteiger partial charge in [-0.3, -0.25) is 9.59 Å². The van der Waals surface area contributed by atoms with Crippen molar-refractivity contribution in [3.63, 3.8) is 0 Å². The van der Waals surface area contributed by atoms with Gasteiger partial charge < -0.3 is 5.32 Å². The number of hydrogen-bond acceptors (Lipinski definition) is 2. The minimum absolute atomic E-state index is 0.0190. The summed E-state index contributed by atoms with van der Waals surface area (Å²) in [4.78, 5) is 23.8. The predicted octanol–water partition coefficient (Wildman–Crippen LogP) is 3.70. The van der Waals surface area contributed by atoms with Gasteiger partial charge in [0.25, 0.3) is 0 Å². The molecule has 1 amide bonds. The first kappa shape index (κ1) is 13.9. The van der Waals surface area contributed by atoms with Crippen molar-refractivity contribution < 1.29 is 14.0 Å². The maximum Gasteiger partial charge on any atom is 0.224 e. The zero-order chi connectivity index (χ0) is 15.0. The van der Waals surface area contributed by atoms with Gasteiger partial charge in [-0.2, -0.15) is 0 Å². The largest absolute Gasteiger partial charge is 0.326 e. The number of nitrogens with one attached hydrogen (secondary N) is 1. The summed E-state index contributed by atoms with van der Waals surface area (Å²) in [5.41, 5.74) is 2.43. The first-order valence-electron chi connectivity index (χ1n) is 6.48. The van der Waals surface area contributed by atoms with Gasteiger partial charge in [-0.1, -0.05) is 6.07 Å². The molecule has 3 rings (SSSR count). The van der Waals surface area contributed by atoms with E-state index in [1.807, 2.05) is 0 Å². The molecule has 0 atom stereocenters. The molecule has 0 spiro atoms. The van der Waals surface area contributed by atoms with E-state index < -0.39 is 5.82 Å². The molecule has 3 nitrogen and oxygen atoms in total. The maximum absolute atomic E-state index is 13.5. The van der Waals surface area contributed by atoms with Crippen LogP contribution in [0.25, 0.3) is 0 Å². The molecule has 0 fully saturated rings. The van der Waals surface area contributed by atoms with Crippen LogP contribution in [0.2, 0.25) is 0 Å². The molecule has 21 heavy (non-hydrogen) atoms. The van der Waals surface area contributed by atoms with E-state index in [0.29, 0.717) is 18.4 Å². The molecule has 0 radical (unpaired) electrons. The fraction of sp³-hybridized carbons (Fsp3) is 0.125. The van der Waals surface area contributed by atoms with Crippen LogP contribution >= 0.6 is 15.9 Å². The summed E-state index contributed by atoms with van der Waals surface area (Å²) in [6, 6.07) is 9.50. The number of ketones is 1. The van der Waals surface area contributed by atoms with Gasteiger partial charge >= 0.3 is 0 Å². The first-order chi connectivity index (χ1) is 10.1. The van der Waals surface area contributed by atoms with Gasteiger partial charge in [0.2, 0.25) is 5.91 Å². The molecular weight excluding hydrogens is 337 g/mol. The second kappa shape index (κ2) is 5.41. The minimum atomic E-state index is -0.467. The Morgan fingerprint density at radius 2 is 2.00 bits per heavy atom. The molecular formula is C16H11BrFNO2. The van der Waals surface area contributed by atoms with E-state index in [0.717, 1.165) is 11.3 Å². The molecule has 0 aliphatic carbocycles. The van der Waals surface area contributed by atoms with Crippen LogP contribution in [0.5, 0.6) is 0 Å². The number of benzene rings is 2. The predicted molar refractivity (Wildman–Crippen MR) is 80.9 cm³/mol. The Morgan fingerprint density at radius 3 is 2.81 bits per heavy atom. The van der Waals surface area contributed by atoms with E-state index in [1.54, 1.807) is 24.3 Å². The van der Waals surface area contributed by atoms with E-state index in [2.05, 4.69) is 21.2 Å². The molecule has 1 aliphatic heterocycles. The molecule has 1 N–H and O–H groups in total. The van der Waals surface area contributed by atoms with Gasteiger partial charge in [0.15, 0.2) is 5.78 Å². The lowest BCUT2D eigenvalue weighted by Crippen LogP contribution is -2.19. The lowest BCUT2D eigenvalue weighted by molar-refractivity contribution is -0.116. The highest BCUT2D eigenvalue weighted by Gasteiger charge is 2.19. The first-order valence-corrected chi connectivity index (χ1v) is 7.27. The summed E-state index contributed by atoms with van der Waals surface area (Å²) >= 11 is 3.11. The highest BCUT2D eigenvalue weighted by atomic mass is 79.9. The number of carbonyl (C=O) groups excluding carboxylic acids is 2. The smallest absolute Gasteiger partial charge is 0.224 e. The normalized spacial score (nSPS) is 13.5. The van der Waals surface area contributed by atoms with Crippen LogP contribution < -0.4 is 5.32 Å². The second-order valence-corrected chi connectivity index (χ2v) is 5.64. The monoisotopic (exact) mass is 347 g/mol. The van der Waals surface area contributed by atoms with E-state index in [9.17, 15) is 14.0 Å². The quantitative estimate of drug-likeness (QED) is 0.842. The van der Waals surface area contributed by atoms with Crippen molar-refractivity contribution in [2.75, 3.05) is 5.32 Å². The average Bonchev–Trinajstić information content (AvgIpc) is 2.49. The fourth-order valence-electron chi connectivity index (χ4n) is 2.36. The van der Waals surface area contributed by atoms with E-state index in [1.165, 1.54) is 12.1 Å². The third-order valence-electron chi connectivity index (χ3n) is 3.46. The summed E-state index contributed by atoms with van der Waals surface area (Å²) in [7, 11) is 0. The van der Waals surface area contributed by atoms with Crippen molar-refractivity contribution in [3.8, 4) is 0 Å². The SMILES string of the molecule is O=C1CCc2cc(C(=O)c3cccc(F)c3Br)ccc2N1. The summed E-state index contributed by atoms with van der Waals surface area (Å²) < 4.78 is 13.7. The van der Waals surface area contributed by atoms with Crippen LogP contribution in [0, 0.1) is 5.82 Å². The van der Waals surface area contributed by atoms with Gasteiger partial charge in [0.1, 0.15) is 5.82 Å². The molecule has 0 bridgehead atoms. The fourth-order valence-corrected chi connectivity index (χ4v) is 2.80. The van der Waals surface area contributed by atoms with Crippen molar-refractivity contribution in [3.05, 3.63) is 63.4 Å². The van der Waals surface area contributed by atoms with Crippen molar-refractivity contribution in [1.29, 1.82) is 0 Å². The van der Waals surface area contributed by atoms with Crippen LogP contribution in [0.1, 0.15) is 27.9 Å². The van der Waals surface area contributed by atoms with Crippen molar-refractivity contribution in [2.24, 2.45) is 0 Å². The van der Waals surface area contributed by atoms with Gasteiger partial charge in [0, 0.05) is 23.2 Å². The molecule has 2 aromatic rings. The number of amides is 1. The Morgan fingerprint density at radius 1 is 1.19 bits per heavy atom. The van der Waals surface area contributed by atoms with E-state index in [4.69, 9.17) is 0 Å². The number of aryl methyl sites for hydroxylation is 1. The number of anilines is 1. The van der Waals surface area contributed by atoms with Crippen LogP contribution in [-0.2, 0) is 11.2 Å². The lowest BCUT2D eigenvalue weighted by atomic mass is 9.96. The zero-order valence-electron chi connectivity index (χ0n) is 11.0. The summed E-state index contributed by atoms with van der Waals surface area (Å²) in [6.45, 7) is 0. The van der Waals surface area contributed by atoms with Gasteiger partial charge in [0.05, 0.1) is 4.47 Å². The van der Waals surface area contributed by atoms with Crippen molar-refractivity contribution >= 4 is 33.3 Å². The van der Waals surface area contributed by atoms with Crippen LogP contribution in [0.3, 0.4) is 0 Å². The summed E-state index contributed by atoms with van der Waals surface area (Å²) in [6.07, 6.45) is 1.01. The molecule has 0 unspecified atom stereocenters. The average molecular weight is 348 g/mol. The Kier molecular flexibility index (Phi) is 3.59. The number of halogens is 2. The molecule has 0 aromatic heterocycles. The summed E-state index contributed by atoms with van der Waals surface area (Å²) in [5.74, 6) is -0.735. The molecule has 0 saturated heterocycles. The van der Waals surface area contributed by atoms with Crippen molar-refractivity contribution in [1.82, 2.24) is 0 Å². The molecule has 1 aliphatic rings. The number of carbonyl (C=O) groups is 2. The molecule has 1 heterocycles. The van der Waals surface area contributed by atoms with Crippen LogP contribution in [0.15, 0.2) is 40.9 Å². The lowest BCUT2D eigenvalue weighted by Gasteiger charge is -2.17. The third kappa shape index (κ3) is 2.61. The van der Waals surface area contributed by atoms with E-state index in [-0.39, 0.29) is 21.7 Å².